The molecule has 1 atom stereocenters. The lowest BCUT2D eigenvalue weighted by atomic mass is 9.48. The molecule has 9 heteroatoms. The molecule has 1 unspecified atom stereocenters. The number of fused-ring (bicyclic) bond motifs is 1. The summed E-state index contributed by atoms with van der Waals surface area (Å²) in [5, 5.41) is 23.8. The third-order valence-corrected chi connectivity index (χ3v) is 9.52. The number of nitrogens with one attached hydrogen (secondary N) is 1. The summed E-state index contributed by atoms with van der Waals surface area (Å²) in [5.41, 5.74) is 3.75. The third-order valence-electron chi connectivity index (χ3n) is 9.52. The minimum absolute atomic E-state index is 0.0765. The fourth-order valence-electron chi connectivity index (χ4n) is 8.08. The summed E-state index contributed by atoms with van der Waals surface area (Å²) in [4.78, 5) is 25.7. The van der Waals surface area contributed by atoms with Gasteiger partial charge in [0.2, 0.25) is 0 Å². The second-order valence-electron chi connectivity index (χ2n) is 12.1. The molecule has 1 amide bonds. The van der Waals surface area contributed by atoms with Crippen LogP contribution in [0.25, 0.3) is 5.69 Å². The quantitative estimate of drug-likeness (QED) is 0.519. The Morgan fingerprint density at radius 1 is 1.08 bits per heavy atom. The Balaban J connectivity index is 1.04. The van der Waals surface area contributed by atoms with E-state index in [-0.39, 0.29) is 17.4 Å². The van der Waals surface area contributed by atoms with Crippen LogP contribution in [0.4, 0.5) is 5.82 Å². The standard InChI is InChI=1S/C29H35N7O2/c1-18-26(34-36(33-18)22-5-3-2-4-6-22)28(38)35-8-7-23-24(16-35)31-17-32-27(23)30-15-25(37)29-12-19-9-20(13-29)11-21(10-19)14-29/h2-6,17,19-21,25,37H,7-16H2,1H3,(H,30,31,32). The van der Waals surface area contributed by atoms with Gasteiger partial charge in [0, 0.05) is 18.7 Å². The minimum atomic E-state index is -0.363. The number of carbonyl (C=O) groups is 1. The smallest absolute Gasteiger partial charge is 0.276 e. The topological polar surface area (TPSA) is 109 Å². The molecule has 3 aromatic rings. The van der Waals surface area contributed by atoms with Crippen molar-refractivity contribution in [2.24, 2.45) is 23.2 Å². The molecule has 4 fully saturated rings. The first-order valence-electron chi connectivity index (χ1n) is 14.0. The Hall–Kier alpha value is -3.33. The van der Waals surface area contributed by atoms with Gasteiger partial charge in [-0.2, -0.15) is 9.90 Å². The van der Waals surface area contributed by atoms with E-state index < -0.39 is 0 Å². The summed E-state index contributed by atoms with van der Waals surface area (Å²) in [6.07, 6.45) is 9.49. The van der Waals surface area contributed by atoms with E-state index in [2.05, 4.69) is 25.5 Å². The number of aliphatic hydroxyl groups excluding tert-OH is 1. The summed E-state index contributed by atoms with van der Waals surface area (Å²) in [6.45, 7) is 3.29. The molecular formula is C29H35N7O2. The van der Waals surface area contributed by atoms with Crippen molar-refractivity contribution >= 4 is 11.7 Å². The Bertz CT molecular complexity index is 1320. The lowest BCUT2D eigenvalue weighted by Crippen LogP contribution is -2.53. The van der Waals surface area contributed by atoms with Crippen LogP contribution in [0.5, 0.6) is 0 Å². The number of para-hydroxylation sites is 1. The summed E-state index contributed by atoms with van der Waals surface area (Å²) < 4.78 is 0. The zero-order chi connectivity index (χ0) is 25.9. The Morgan fingerprint density at radius 2 is 1.79 bits per heavy atom. The van der Waals surface area contributed by atoms with E-state index in [1.165, 1.54) is 43.3 Å². The number of benzene rings is 1. The maximum absolute atomic E-state index is 13.4. The van der Waals surface area contributed by atoms with Gasteiger partial charge in [-0.1, -0.05) is 18.2 Å². The van der Waals surface area contributed by atoms with Crippen LogP contribution >= 0.6 is 0 Å². The molecule has 0 saturated heterocycles. The van der Waals surface area contributed by atoms with Crippen LogP contribution in [0.15, 0.2) is 36.7 Å². The lowest BCUT2D eigenvalue weighted by molar-refractivity contribution is -0.115. The second kappa shape index (κ2) is 9.15. The number of aryl methyl sites for hydroxylation is 1. The van der Waals surface area contributed by atoms with Crippen molar-refractivity contribution in [3.63, 3.8) is 0 Å². The molecule has 0 radical (unpaired) electrons. The predicted molar refractivity (Wildman–Crippen MR) is 142 cm³/mol. The number of carbonyl (C=O) groups excluding carboxylic acids is 1. The molecule has 198 valence electrons. The zero-order valence-electron chi connectivity index (χ0n) is 21.9. The molecule has 2 aromatic heterocycles. The number of amides is 1. The number of nitrogens with zero attached hydrogens (tertiary/aromatic N) is 6. The van der Waals surface area contributed by atoms with E-state index in [0.717, 1.165) is 40.5 Å². The maximum Gasteiger partial charge on any atom is 0.276 e. The van der Waals surface area contributed by atoms with E-state index in [9.17, 15) is 9.90 Å². The van der Waals surface area contributed by atoms with Crippen molar-refractivity contribution in [2.75, 3.05) is 18.4 Å². The van der Waals surface area contributed by atoms with E-state index in [4.69, 9.17) is 0 Å². The van der Waals surface area contributed by atoms with Gasteiger partial charge in [0.25, 0.3) is 5.91 Å². The van der Waals surface area contributed by atoms with Crippen molar-refractivity contribution in [3.05, 3.63) is 59.3 Å². The highest BCUT2D eigenvalue weighted by molar-refractivity contribution is 5.93. The van der Waals surface area contributed by atoms with Gasteiger partial charge in [0.05, 0.1) is 29.7 Å². The lowest BCUT2D eigenvalue weighted by Gasteiger charge is -2.58. The van der Waals surface area contributed by atoms with Gasteiger partial charge in [-0.3, -0.25) is 4.79 Å². The van der Waals surface area contributed by atoms with Crippen LogP contribution in [0.2, 0.25) is 0 Å². The molecule has 4 bridgehead atoms. The van der Waals surface area contributed by atoms with Crippen LogP contribution in [0, 0.1) is 30.1 Å². The number of anilines is 1. The number of hydrogen-bond donors (Lipinski definition) is 2. The summed E-state index contributed by atoms with van der Waals surface area (Å²) in [5.74, 6) is 3.08. The molecule has 4 saturated carbocycles. The molecular weight excluding hydrogens is 478 g/mol. The molecule has 1 aliphatic heterocycles. The third kappa shape index (κ3) is 4.08. The first kappa shape index (κ1) is 23.8. The molecule has 0 spiro atoms. The van der Waals surface area contributed by atoms with Crippen molar-refractivity contribution < 1.29 is 9.90 Å². The van der Waals surface area contributed by atoms with Crippen LogP contribution in [-0.2, 0) is 13.0 Å². The van der Waals surface area contributed by atoms with Crippen LogP contribution in [0.1, 0.15) is 66.0 Å². The number of rotatable bonds is 6. The molecule has 8 rings (SSSR count). The Morgan fingerprint density at radius 3 is 2.50 bits per heavy atom. The van der Waals surface area contributed by atoms with Gasteiger partial charge in [-0.25, -0.2) is 9.97 Å². The van der Waals surface area contributed by atoms with Crippen molar-refractivity contribution in [3.8, 4) is 5.69 Å². The van der Waals surface area contributed by atoms with E-state index in [1.54, 1.807) is 11.2 Å². The average molecular weight is 514 g/mol. The maximum atomic E-state index is 13.4. The summed E-state index contributed by atoms with van der Waals surface area (Å²) in [6, 6.07) is 9.61. The number of aromatic nitrogens is 5. The minimum Gasteiger partial charge on any atom is -0.391 e. The molecule has 4 aliphatic carbocycles. The van der Waals surface area contributed by atoms with E-state index in [0.29, 0.717) is 37.4 Å². The first-order valence-corrected chi connectivity index (χ1v) is 14.0. The van der Waals surface area contributed by atoms with Crippen LogP contribution < -0.4 is 5.32 Å². The van der Waals surface area contributed by atoms with Gasteiger partial charge in [-0.05, 0) is 87.2 Å². The fraction of sp³-hybridized carbons (Fsp3) is 0.552. The largest absolute Gasteiger partial charge is 0.391 e. The molecule has 2 N–H and O–H groups in total. The number of aliphatic hydroxyl groups is 1. The second-order valence-corrected chi connectivity index (χ2v) is 12.1. The van der Waals surface area contributed by atoms with Crippen LogP contribution in [0.3, 0.4) is 0 Å². The highest BCUT2D eigenvalue weighted by Gasteiger charge is 2.53. The van der Waals surface area contributed by atoms with Crippen molar-refractivity contribution in [2.45, 2.75) is 64.5 Å². The predicted octanol–water partition coefficient (Wildman–Crippen LogP) is 3.55. The average Bonchev–Trinajstić information content (AvgIpc) is 3.32. The Kier molecular flexibility index (Phi) is 5.72. The first-order chi connectivity index (χ1) is 18.5. The zero-order valence-corrected chi connectivity index (χ0v) is 21.9. The highest BCUT2D eigenvalue weighted by Crippen LogP contribution is 2.61. The molecule has 38 heavy (non-hydrogen) atoms. The van der Waals surface area contributed by atoms with Crippen LogP contribution in [-0.4, -0.2) is 60.1 Å². The van der Waals surface area contributed by atoms with Gasteiger partial charge in [0.1, 0.15) is 12.1 Å². The van der Waals surface area contributed by atoms with Crippen molar-refractivity contribution in [1.29, 1.82) is 0 Å². The van der Waals surface area contributed by atoms with Crippen molar-refractivity contribution in [1.82, 2.24) is 29.9 Å². The van der Waals surface area contributed by atoms with E-state index >= 15 is 0 Å². The SMILES string of the molecule is Cc1nn(-c2ccccc2)nc1C(=O)N1CCc2c(ncnc2NCC(O)C23CC4CC(CC(C4)C2)C3)C1. The highest BCUT2D eigenvalue weighted by atomic mass is 16.3. The molecule has 3 heterocycles. The summed E-state index contributed by atoms with van der Waals surface area (Å²) >= 11 is 0. The summed E-state index contributed by atoms with van der Waals surface area (Å²) in [7, 11) is 0. The normalized spacial score (nSPS) is 28.3. The van der Waals surface area contributed by atoms with Gasteiger partial charge in [0.15, 0.2) is 5.69 Å². The van der Waals surface area contributed by atoms with Gasteiger partial charge >= 0.3 is 0 Å². The van der Waals surface area contributed by atoms with Gasteiger partial charge < -0.3 is 15.3 Å². The fourth-order valence-corrected chi connectivity index (χ4v) is 8.08. The molecule has 5 aliphatic rings. The van der Waals surface area contributed by atoms with E-state index in [1.807, 2.05) is 37.3 Å². The molecule has 1 aromatic carbocycles. The molecule has 9 nitrogen and oxygen atoms in total. The monoisotopic (exact) mass is 513 g/mol. The Labute approximate surface area is 222 Å². The van der Waals surface area contributed by atoms with Gasteiger partial charge in [-0.15, -0.1) is 5.10 Å². The number of hydrogen-bond acceptors (Lipinski definition) is 7.